The molecule has 1 aromatic rings. The fourth-order valence-corrected chi connectivity index (χ4v) is 6.06. The van der Waals surface area contributed by atoms with Gasteiger partial charge in [-0.05, 0) is 56.3 Å². The molecule has 1 aromatic carbocycles. The van der Waals surface area contributed by atoms with Crippen molar-refractivity contribution in [2.45, 2.75) is 82.7 Å². The van der Waals surface area contributed by atoms with Gasteiger partial charge in [0.15, 0.2) is 5.96 Å². The van der Waals surface area contributed by atoms with Crippen LogP contribution in [0.4, 0.5) is 0 Å². The summed E-state index contributed by atoms with van der Waals surface area (Å²) < 4.78 is 12.2. The molecule has 0 spiro atoms. The van der Waals surface area contributed by atoms with Crippen molar-refractivity contribution in [2.75, 3.05) is 25.9 Å². The molecule has 5 nitrogen and oxygen atoms in total. The molecule has 1 aliphatic heterocycles. The van der Waals surface area contributed by atoms with Gasteiger partial charge in [-0.1, -0.05) is 50.5 Å². The smallest absolute Gasteiger partial charge is 0.191 e. The molecule has 1 aliphatic carbocycles. The Morgan fingerprint density at radius 1 is 1.13 bits per heavy atom. The zero-order valence-electron chi connectivity index (χ0n) is 18.9. The monoisotopic (exact) mass is 432 g/mol. The molecular formula is C24H40N4OS. The van der Waals surface area contributed by atoms with Crippen molar-refractivity contribution in [3.8, 4) is 0 Å². The number of likely N-dealkylation sites (tertiary alicyclic amines) is 1. The summed E-state index contributed by atoms with van der Waals surface area (Å²) in [5, 5.41) is 7.38. The van der Waals surface area contributed by atoms with E-state index in [2.05, 4.69) is 44.8 Å². The first kappa shape index (κ1) is 23.3. The van der Waals surface area contributed by atoms with Crippen LogP contribution in [0, 0.1) is 0 Å². The molecule has 6 heteroatoms. The van der Waals surface area contributed by atoms with E-state index in [1.165, 1.54) is 49.9 Å². The van der Waals surface area contributed by atoms with Crippen LogP contribution < -0.4 is 10.6 Å². The van der Waals surface area contributed by atoms with Crippen molar-refractivity contribution in [2.24, 2.45) is 4.99 Å². The maximum Gasteiger partial charge on any atom is 0.191 e. The number of benzene rings is 1. The fourth-order valence-electron chi connectivity index (χ4n) is 4.71. The Labute approximate surface area is 185 Å². The van der Waals surface area contributed by atoms with Crippen molar-refractivity contribution in [3.05, 3.63) is 35.4 Å². The summed E-state index contributed by atoms with van der Waals surface area (Å²) in [6.07, 6.45) is 9.76. The lowest BCUT2D eigenvalue weighted by atomic mass is 9.95. The number of rotatable bonds is 7. The molecule has 2 fully saturated rings. The summed E-state index contributed by atoms with van der Waals surface area (Å²) in [5.41, 5.74) is 2.69. The van der Waals surface area contributed by atoms with Crippen molar-refractivity contribution in [1.29, 1.82) is 0 Å². The highest BCUT2D eigenvalue weighted by atomic mass is 32.2. The minimum atomic E-state index is -0.696. The molecule has 30 heavy (non-hydrogen) atoms. The van der Waals surface area contributed by atoms with Crippen molar-refractivity contribution in [1.82, 2.24) is 15.5 Å². The summed E-state index contributed by atoms with van der Waals surface area (Å²) in [5.74, 6) is 1.61. The summed E-state index contributed by atoms with van der Waals surface area (Å²) in [6.45, 7) is 6.30. The SMILES string of the molecule is CCS(=O)C1CCCC(NC(=NC)NCc2cccc(CN3CCCCCC3)c2)C1. The minimum Gasteiger partial charge on any atom is -0.354 e. The van der Waals surface area contributed by atoms with Gasteiger partial charge in [0, 0.05) is 48.0 Å². The normalized spacial score (nSPS) is 24.8. The third kappa shape index (κ3) is 7.38. The molecule has 1 saturated carbocycles. The van der Waals surface area contributed by atoms with Gasteiger partial charge in [0.2, 0.25) is 0 Å². The third-order valence-electron chi connectivity index (χ3n) is 6.40. The molecular weight excluding hydrogens is 392 g/mol. The van der Waals surface area contributed by atoms with E-state index in [4.69, 9.17) is 0 Å². The van der Waals surface area contributed by atoms with E-state index < -0.39 is 10.8 Å². The van der Waals surface area contributed by atoms with Crippen LogP contribution in [0.1, 0.15) is 69.4 Å². The van der Waals surface area contributed by atoms with E-state index in [9.17, 15) is 4.21 Å². The van der Waals surface area contributed by atoms with E-state index in [1.54, 1.807) is 0 Å². The van der Waals surface area contributed by atoms with Crippen molar-refractivity contribution >= 4 is 16.8 Å². The molecule has 1 saturated heterocycles. The first-order chi connectivity index (χ1) is 14.7. The summed E-state index contributed by atoms with van der Waals surface area (Å²) >= 11 is 0. The predicted molar refractivity (Wildman–Crippen MR) is 128 cm³/mol. The van der Waals surface area contributed by atoms with E-state index >= 15 is 0 Å². The van der Waals surface area contributed by atoms with Gasteiger partial charge in [-0.25, -0.2) is 0 Å². The lowest BCUT2D eigenvalue weighted by Gasteiger charge is -2.30. The molecule has 3 rings (SSSR count). The standard InChI is InChI=1S/C24H40N4OS/c1-3-30(29)23-13-9-12-22(17-23)27-24(25-2)26-18-20-10-8-11-21(16-20)19-28-14-6-4-5-7-15-28/h8,10-11,16,22-23H,3-7,9,12-15,17-19H2,1-2H3,(H2,25,26,27). The van der Waals surface area contributed by atoms with E-state index in [0.29, 0.717) is 11.3 Å². The molecule has 0 bridgehead atoms. The number of hydrogen-bond donors (Lipinski definition) is 2. The van der Waals surface area contributed by atoms with E-state index in [-0.39, 0.29) is 0 Å². The predicted octanol–water partition coefficient (Wildman–Crippen LogP) is 3.81. The quantitative estimate of drug-likeness (QED) is 0.508. The second-order valence-electron chi connectivity index (χ2n) is 8.74. The van der Waals surface area contributed by atoms with Crippen LogP contribution >= 0.6 is 0 Å². The molecule has 168 valence electrons. The summed E-state index contributed by atoms with van der Waals surface area (Å²) in [7, 11) is 1.13. The Bertz CT molecular complexity index is 700. The number of guanidine groups is 1. The van der Waals surface area contributed by atoms with Crippen LogP contribution in [0.25, 0.3) is 0 Å². The van der Waals surface area contributed by atoms with E-state index in [1.807, 2.05) is 14.0 Å². The van der Waals surface area contributed by atoms with Crippen LogP contribution in [0.3, 0.4) is 0 Å². The van der Waals surface area contributed by atoms with Crippen LogP contribution in [0.5, 0.6) is 0 Å². The number of nitrogens with one attached hydrogen (secondary N) is 2. The van der Waals surface area contributed by atoms with Crippen LogP contribution in [0.2, 0.25) is 0 Å². The van der Waals surface area contributed by atoms with Crippen LogP contribution in [-0.2, 0) is 23.9 Å². The maximum absolute atomic E-state index is 12.2. The molecule has 0 amide bonds. The number of aliphatic imine (C=N–C) groups is 1. The fraction of sp³-hybridized carbons (Fsp3) is 0.708. The Kier molecular flexibility index (Phi) is 9.66. The average Bonchev–Trinajstić information content (AvgIpc) is 3.05. The minimum absolute atomic E-state index is 0.329. The highest BCUT2D eigenvalue weighted by Gasteiger charge is 2.26. The molecule has 1 heterocycles. The van der Waals surface area contributed by atoms with Crippen molar-refractivity contribution < 1.29 is 4.21 Å². The zero-order valence-corrected chi connectivity index (χ0v) is 19.7. The topological polar surface area (TPSA) is 56.7 Å². The van der Waals surface area contributed by atoms with Gasteiger partial charge in [0.25, 0.3) is 0 Å². The van der Waals surface area contributed by atoms with Gasteiger partial charge in [0.1, 0.15) is 0 Å². The Balaban J connectivity index is 1.49. The average molecular weight is 433 g/mol. The van der Waals surface area contributed by atoms with Gasteiger partial charge in [-0.3, -0.25) is 14.1 Å². The summed E-state index contributed by atoms with van der Waals surface area (Å²) in [6, 6.07) is 9.29. The Hall–Kier alpha value is -1.40. The molecule has 2 N–H and O–H groups in total. The van der Waals surface area contributed by atoms with Gasteiger partial charge >= 0.3 is 0 Å². The summed E-state index contributed by atoms with van der Waals surface area (Å²) in [4.78, 5) is 7.02. The largest absolute Gasteiger partial charge is 0.354 e. The van der Waals surface area contributed by atoms with Gasteiger partial charge in [-0.2, -0.15) is 0 Å². The van der Waals surface area contributed by atoms with Crippen LogP contribution in [-0.4, -0.2) is 52.3 Å². The lowest BCUT2D eigenvalue weighted by molar-refractivity contribution is 0.277. The molecule has 3 unspecified atom stereocenters. The van der Waals surface area contributed by atoms with E-state index in [0.717, 1.165) is 50.5 Å². The second kappa shape index (κ2) is 12.5. The lowest BCUT2D eigenvalue weighted by Crippen LogP contribution is -2.46. The van der Waals surface area contributed by atoms with Gasteiger partial charge < -0.3 is 10.6 Å². The molecule has 0 aromatic heterocycles. The first-order valence-electron chi connectivity index (χ1n) is 11.8. The number of nitrogens with zero attached hydrogens (tertiary/aromatic N) is 2. The van der Waals surface area contributed by atoms with Crippen LogP contribution in [0.15, 0.2) is 29.3 Å². The van der Waals surface area contributed by atoms with Gasteiger partial charge in [-0.15, -0.1) is 0 Å². The molecule has 3 atom stereocenters. The second-order valence-corrected chi connectivity index (χ2v) is 10.7. The highest BCUT2D eigenvalue weighted by Crippen LogP contribution is 2.23. The molecule has 2 aliphatic rings. The third-order valence-corrected chi connectivity index (χ3v) is 8.14. The van der Waals surface area contributed by atoms with Crippen molar-refractivity contribution in [3.63, 3.8) is 0 Å². The Morgan fingerprint density at radius 3 is 2.63 bits per heavy atom. The number of hydrogen-bond acceptors (Lipinski definition) is 3. The first-order valence-corrected chi connectivity index (χ1v) is 13.2. The Morgan fingerprint density at radius 2 is 1.90 bits per heavy atom. The maximum atomic E-state index is 12.2. The van der Waals surface area contributed by atoms with Gasteiger partial charge in [0.05, 0.1) is 0 Å². The highest BCUT2D eigenvalue weighted by molar-refractivity contribution is 7.85. The zero-order chi connectivity index (χ0) is 21.2. The molecule has 0 radical (unpaired) electrons.